The summed E-state index contributed by atoms with van der Waals surface area (Å²) >= 11 is 0. The molecule has 1 aliphatic carbocycles. The minimum Gasteiger partial charge on any atom is -0.478 e. The van der Waals surface area contributed by atoms with Gasteiger partial charge in [-0.2, -0.15) is 0 Å². The second kappa shape index (κ2) is 7.98. The zero-order valence-electron chi connectivity index (χ0n) is 14.4. The van der Waals surface area contributed by atoms with Gasteiger partial charge in [-0.3, -0.25) is 0 Å². The van der Waals surface area contributed by atoms with Crippen molar-refractivity contribution in [3.63, 3.8) is 0 Å². The van der Waals surface area contributed by atoms with E-state index >= 15 is 0 Å². The van der Waals surface area contributed by atoms with E-state index in [0.29, 0.717) is 0 Å². The molecule has 0 saturated heterocycles. The van der Waals surface area contributed by atoms with Crippen LogP contribution in [-0.4, -0.2) is 11.1 Å². The summed E-state index contributed by atoms with van der Waals surface area (Å²) in [6, 6.07) is 0. The number of carboxylic acids is 1. The summed E-state index contributed by atoms with van der Waals surface area (Å²) in [5.74, 6) is -0.912. The molecule has 0 aromatic carbocycles. The number of hydrogen-bond acceptors (Lipinski definition) is 1. The van der Waals surface area contributed by atoms with Crippen molar-refractivity contribution < 1.29 is 9.90 Å². The Balaban J connectivity index is 2.79. The third kappa shape index (κ3) is 5.88. The summed E-state index contributed by atoms with van der Waals surface area (Å²) in [5, 5.41) is 8.65. The first-order valence-electron chi connectivity index (χ1n) is 7.87. The fourth-order valence-electron chi connectivity index (χ4n) is 2.88. The smallest absolute Gasteiger partial charge is 0.328 e. The third-order valence-corrected chi connectivity index (χ3v) is 4.12. The lowest BCUT2D eigenvalue weighted by Gasteiger charge is -2.32. The maximum atomic E-state index is 10.5. The maximum absolute atomic E-state index is 10.5. The van der Waals surface area contributed by atoms with E-state index in [-0.39, 0.29) is 5.41 Å². The summed E-state index contributed by atoms with van der Waals surface area (Å²) in [6.07, 6.45) is 15.0. The first-order valence-corrected chi connectivity index (χ1v) is 7.87. The van der Waals surface area contributed by atoms with Gasteiger partial charge in [-0.15, -0.1) is 0 Å². The van der Waals surface area contributed by atoms with Crippen LogP contribution < -0.4 is 0 Å². The topological polar surface area (TPSA) is 37.3 Å². The summed E-state index contributed by atoms with van der Waals surface area (Å²) < 4.78 is 0. The van der Waals surface area contributed by atoms with Crippen LogP contribution in [0.2, 0.25) is 0 Å². The van der Waals surface area contributed by atoms with Gasteiger partial charge in [0.15, 0.2) is 0 Å². The van der Waals surface area contributed by atoms with Gasteiger partial charge in [0, 0.05) is 6.08 Å². The highest BCUT2D eigenvalue weighted by atomic mass is 16.5. The monoisotopic (exact) mass is 304 g/mol. The van der Waals surface area contributed by atoms with Gasteiger partial charge in [0.05, 0.1) is 0 Å². The van der Waals surface area contributed by atoms with Crippen LogP contribution in [0.5, 0.6) is 0 Å². The molecule has 2 heteroatoms. The molecular formula is C20H28O2. The lowest BCUT2D eigenvalue weighted by Crippen LogP contribution is -2.19. The molecule has 0 spiro atoms. The molecule has 1 rings (SSSR count). The zero-order valence-corrected chi connectivity index (χ0v) is 14.4. The first kappa shape index (κ1) is 18.2. The van der Waals surface area contributed by atoms with Gasteiger partial charge in [-0.05, 0) is 56.6 Å². The summed E-state index contributed by atoms with van der Waals surface area (Å²) in [5.41, 5.74) is 5.09. The Morgan fingerprint density at radius 3 is 2.45 bits per heavy atom. The normalized spacial score (nSPS) is 20.2. The van der Waals surface area contributed by atoms with Gasteiger partial charge in [0.25, 0.3) is 0 Å². The zero-order chi connectivity index (χ0) is 16.8. The van der Waals surface area contributed by atoms with E-state index < -0.39 is 5.97 Å². The lowest BCUT2D eigenvalue weighted by atomic mass is 9.72. The van der Waals surface area contributed by atoms with Crippen molar-refractivity contribution in [1.82, 2.24) is 0 Å². The van der Waals surface area contributed by atoms with Crippen LogP contribution in [0.3, 0.4) is 0 Å². The Hall–Kier alpha value is -1.83. The molecule has 22 heavy (non-hydrogen) atoms. The van der Waals surface area contributed by atoms with E-state index in [1.807, 2.05) is 12.2 Å². The molecule has 0 amide bonds. The molecule has 0 aromatic rings. The molecule has 0 fully saturated rings. The van der Waals surface area contributed by atoms with Gasteiger partial charge >= 0.3 is 5.97 Å². The minimum atomic E-state index is -0.912. The number of carbonyl (C=O) groups is 1. The Labute approximate surface area is 134 Å². The average Bonchev–Trinajstić information content (AvgIpc) is 2.36. The standard InChI is InChI=1S/C20H28O2/c1-15(8-6-9-16(2)14-19(21)22)11-12-18-17(3)10-7-13-20(18,4)5/h6,8-9,11-12,14H,7,10,13H2,1-5H3,(H,21,22)/b9-6+,12-11+,15-8+,16-14+/i6+1,8+1,14+1,19+1. The van der Waals surface area contributed by atoms with Crippen LogP contribution in [0, 0.1) is 5.41 Å². The van der Waals surface area contributed by atoms with Gasteiger partial charge in [-0.1, -0.05) is 55.4 Å². The second-order valence-corrected chi connectivity index (χ2v) is 6.76. The van der Waals surface area contributed by atoms with Crippen LogP contribution in [0.25, 0.3) is 0 Å². The highest BCUT2D eigenvalue weighted by Crippen LogP contribution is 2.40. The second-order valence-electron chi connectivity index (χ2n) is 6.76. The van der Waals surface area contributed by atoms with Crippen LogP contribution in [0.4, 0.5) is 0 Å². The van der Waals surface area contributed by atoms with E-state index in [4.69, 9.17) is 5.11 Å². The molecule has 120 valence electrons. The molecule has 0 unspecified atom stereocenters. The SMILES string of the molecule is CC1=C(/C=C/C(C)=[13CH]/[13CH]=C/C(C)=[13CH]/[13C](=O)O)C(C)(C)CCC1. The van der Waals surface area contributed by atoms with E-state index in [0.717, 1.165) is 11.1 Å². The van der Waals surface area contributed by atoms with Crippen molar-refractivity contribution in [1.29, 1.82) is 0 Å². The molecule has 0 aliphatic heterocycles. The third-order valence-electron chi connectivity index (χ3n) is 4.12. The van der Waals surface area contributed by atoms with Gasteiger partial charge < -0.3 is 5.11 Å². The van der Waals surface area contributed by atoms with Crippen LogP contribution in [0.1, 0.15) is 53.9 Å². The Morgan fingerprint density at radius 1 is 1.18 bits per heavy atom. The van der Waals surface area contributed by atoms with Gasteiger partial charge in [0.2, 0.25) is 0 Å². The van der Waals surface area contributed by atoms with Crippen molar-refractivity contribution in [2.75, 3.05) is 0 Å². The van der Waals surface area contributed by atoms with Gasteiger partial charge in [0.1, 0.15) is 0 Å². The molecule has 0 bridgehead atoms. The highest BCUT2D eigenvalue weighted by molar-refractivity contribution is 5.81. The van der Waals surface area contributed by atoms with E-state index in [1.54, 1.807) is 13.0 Å². The molecule has 0 atom stereocenters. The number of hydrogen-bond donors (Lipinski definition) is 1. The number of allylic oxidation sites excluding steroid dienone is 9. The Bertz CT molecular complexity index is 567. The molecular weight excluding hydrogens is 276 g/mol. The van der Waals surface area contributed by atoms with Crippen molar-refractivity contribution in [2.45, 2.75) is 53.9 Å². The fourth-order valence-corrected chi connectivity index (χ4v) is 2.88. The number of carboxylic acid groups (broad SMARTS) is 1. The van der Waals surface area contributed by atoms with Crippen molar-refractivity contribution >= 4 is 5.97 Å². The molecule has 0 radical (unpaired) electrons. The number of rotatable bonds is 5. The molecule has 2 nitrogen and oxygen atoms in total. The molecule has 0 aromatic heterocycles. The summed E-state index contributed by atoms with van der Waals surface area (Å²) in [6.45, 7) is 10.7. The molecule has 1 N–H and O–H groups in total. The fraction of sp³-hybridized carbons (Fsp3) is 0.450. The highest BCUT2D eigenvalue weighted by Gasteiger charge is 2.26. The molecule has 0 heterocycles. The maximum Gasteiger partial charge on any atom is 0.328 e. The van der Waals surface area contributed by atoms with Crippen LogP contribution in [0.15, 0.2) is 58.7 Å². The number of aliphatic carboxylic acids is 1. The van der Waals surface area contributed by atoms with E-state index in [1.165, 1.54) is 36.5 Å². The summed E-state index contributed by atoms with van der Waals surface area (Å²) in [7, 11) is 0. The van der Waals surface area contributed by atoms with Crippen LogP contribution in [-0.2, 0) is 4.79 Å². The quantitative estimate of drug-likeness (QED) is 0.407. The minimum absolute atomic E-state index is 0.260. The van der Waals surface area contributed by atoms with Crippen molar-refractivity contribution in [2.24, 2.45) is 5.41 Å². The van der Waals surface area contributed by atoms with Crippen molar-refractivity contribution in [3.8, 4) is 0 Å². The largest absolute Gasteiger partial charge is 0.478 e. The van der Waals surface area contributed by atoms with Crippen LogP contribution >= 0.6 is 0 Å². The Kier molecular flexibility index (Phi) is 6.61. The first-order chi connectivity index (χ1) is 10.2. The Morgan fingerprint density at radius 2 is 1.86 bits per heavy atom. The van der Waals surface area contributed by atoms with E-state index in [9.17, 15) is 4.79 Å². The van der Waals surface area contributed by atoms with E-state index in [2.05, 4.69) is 39.8 Å². The predicted octanol–water partition coefficient (Wildman–Crippen LogP) is 5.60. The lowest BCUT2D eigenvalue weighted by molar-refractivity contribution is -0.131. The molecule has 0 saturated carbocycles. The predicted molar refractivity (Wildman–Crippen MR) is 93.8 cm³/mol. The summed E-state index contributed by atoms with van der Waals surface area (Å²) in [4.78, 5) is 10.5. The average molecular weight is 304 g/mol. The molecule has 1 aliphatic rings. The van der Waals surface area contributed by atoms with Gasteiger partial charge in [-0.25, -0.2) is 4.79 Å². The van der Waals surface area contributed by atoms with Crippen molar-refractivity contribution in [3.05, 3.63) is 58.7 Å².